The summed E-state index contributed by atoms with van der Waals surface area (Å²) < 4.78 is 7.50. The van der Waals surface area contributed by atoms with Crippen molar-refractivity contribution in [3.05, 3.63) is 18.0 Å². The van der Waals surface area contributed by atoms with Crippen LogP contribution in [-0.4, -0.2) is 29.5 Å². The Kier molecular flexibility index (Phi) is 6.98. The number of nitrogens with one attached hydrogen (secondary N) is 1. The van der Waals surface area contributed by atoms with E-state index in [0.29, 0.717) is 11.8 Å². The Morgan fingerprint density at radius 1 is 1.28 bits per heavy atom. The third-order valence-corrected chi connectivity index (χ3v) is 2.48. The first-order chi connectivity index (χ1) is 8.58. The molecule has 4 heteroatoms. The maximum atomic E-state index is 5.54. The molecule has 0 amide bonds. The summed E-state index contributed by atoms with van der Waals surface area (Å²) in [5.74, 6) is 1.28. The molecule has 0 bridgehead atoms. The van der Waals surface area contributed by atoms with Crippen LogP contribution < -0.4 is 5.32 Å². The molecular weight excluding hydrogens is 226 g/mol. The molecule has 4 nitrogen and oxygen atoms in total. The highest BCUT2D eigenvalue weighted by molar-refractivity contribution is 5.03. The molecule has 0 aromatic carbocycles. The van der Waals surface area contributed by atoms with Gasteiger partial charge in [0.05, 0.1) is 19.3 Å². The molecule has 0 fully saturated rings. The van der Waals surface area contributed by atoms with Gasteiger partial charge >= 0.3 is 0 Å². The highest BCUT2D eigenvalue weighted by Gasteiger charge is 2.00. The maximum Gasteiger partial charge on any atom is 0.0662 e. The topological polar surface area (TPSA) is 39.1 Å². The van der Waals surface area contributed by atoms with E-state index in [1.807, 2.05) is 10.9 Å². The smallest absolute Gasteiger partial charge is 0.0662 e. The number of aromatic nitrogens is 2. The van der Waals surface area contributed by atoms with Gasteiger partial charge in [-0.05, 0) is 18.4 Å². The average molecular weight is 253 g/mol. The molecule has 1 aromatic rings. The van der Waals surface area contributed by atoms with Crippen molar-refractivity contribution in [3.63, 3.8) is 0 Å². The lowest BCUT2D eigenvalue weighted by molar-refractivity contribution is 0.101. The molecular formula is C14H27N3O. The molecule has 1 heterocycles. The molecule has 0 aliphatic heterocycles. The Labute approximate surface area is 111 Å². The molecule has 1 N–H and O–H groups in total. The molecule has 0 atom stereocenters. The van der Waals surface area contributed by atoms with Gasteiger partial charge in [0.2, 0.25) is 0 Å². The summed E-state index contributed by atoms with van der Waals surface area (Å²) in [4.78, 5) is 0. The normalized spacial score (nSPS) is 11.7. The van der Waals surface area contributed by atoms with Gasteiger partial charge < -0.3 is 10.1 Å². The van der Waals surface area contributed by atoms with Gasteiger partial charge in [-0.15, -0.1) is 0 Å². The minimum absolute atomic E-state index is 0.596. The van der Waals surface area contributed by atoms with Gasteiger partial charge in [-0.3, -0.25) is 4.68 Å². The minimum atomic E-state index is 0.596. The van der Waals surface area contributed by atoms with Crippen LogP contribution in [-0.2, 0) is 17.8 Å². The van der Waals surface area contributed by atoms with Crippen molar-refractivity contribution < 1.29 is 4.74 Å². The van der Waals surface area contributed by atoms with Crippen LogP contribution in [0.4, 0.5) is 0 Å². The largest absolute Gasteiger partial charge is 0.379 e. The summed E-state index contributed by atoms with van der Waals surface area (Å²) >= 11 is 0. The summed E-state index contributed by atoms with van der Waals surface area (Å²) in [6, 6.07) is 0. The van der Waals surface area contributed by atoms with Gasteiger partial charge in [0.1, 0.15) is 0 Å². The van der Waals surface area contributed by atoms with Crippen molar-refractivity contribution >= 4 is 0 Å². The van der Waals surface area contributed by atoms with Gasteiger partial charge in [-0.2, -0.15) is 5.10 Å². The SMILES string of the molecule is CC(C)CNCc1cnn(CCOCC(C)C)c1. The van der Waals surface area contributed by atoms with Crippen molar-refractivity contribution in [3.8, 4) is 0 Å². The third kappa shape index (κ3) is 6.77. The first kappa shape index (κ1) is 15.2. The predicted octanol–water partition coefficient (Wildman–Crippen LogP) is 2.30. The molecule has 0 saturated carbocycles. The van der Waals surface area contributed by atoms with Crippen molar-refractivity contribution in [1.29, 1.82) is 0 Å². The van der Waals surface area contributed by atoms with Crippen molar-refractivity contribution in [2.24, 2.45) is 11.8 Å². The Balaban J connectivity index is 2.17. The highest BCUT2D eigenvalue weighted by atomic mass is 16.5. The number of hydrogen-bond acceptors (Lipinski definition) is 3. The molecule has 0 aliphatic rings. The summed E-state index contributed by atoms with van der Waals surface area (Å²) in [7, 11) is 0. The minimum Gasteiger partial charge on any atom is -0.379 e. The van der Waals surface area contributed by atoms with E-state index in [-0.39, 0.29) is 0 Å². The Bertz CT molecular complexity index is 321. The van der Waals surface area contributed by atoms with E-state index < -0.39 is 0 Å². The molecule has 0 saturated heterocycles. The molecule has 104 valence electrons. The number of ether oxygens (including phenoxy) is 1. The number of rotatable bonds is 9. The summed E-state index contributed by atoms with van der Waals surface area (Å²) in [5, 5.41) is 7.74. The molecule has 0 spiro atoms. The molecule has 0 radical (unpaired) electrons. The Hall–Kier alpha value is -0.870. The van der Waals surface area contributed by atoms with Gasteiger partial charge in [0, 0.05) is 24.9 Å². The second kappa shape index (κ2) is 8.27. The standard InChI is InChI=1S/C14H27N3O/c1-12(2)7-15-8-14-9-16-17(10-14)5-6-18-11-13(3)4/h9-10,12-13,15H,5-8,11H2,1-4H3. The van der Waals surface area contributed by atoms with E-state index in [4.69, 9.17) is 4.74 Å². The Morgan fingerprint density at radius 3 is 2.72 bits per heavy atom. The van der Waals surface area contributed by atoms with E-state index in [2.05, 4.69) is 44.3 Å². The second-order valence-electron chi connectivity index (χ2n) is 5.61. The fourth-order valence-electron chi connectivity index (χ4n) is 1.60. The average Bonchev–Trinajstić information content (AvgIpc) is 2.72. The van der Waals surface area contributed by atoms with Gasteiger partial charge in [0.15, 0.2) is 0 Å². The molecule has 0 unspecified atom stereocenters. The van der Waals surface area contributed by atoms with E-state index in [1.54, 1.807) is 0 Å². The fraction of sp³-hybridized carbons (Fsp3) is 0.786. The zero-order valence-corrected chi connectivity index (χ0v) is 12.1. The van der Waals surface area contributed by atoms with Gasteiger partial charge in [0.25, 0.3) is 0 Å². The van der Waals surface area contributed by atoms with Crippen LogP contribution in [0, 0.1) is 11.8 Å². The molecule has 1 aromatic heterocycles. The lowest BCUT2D eigenvalue weighted by atomic mass is 10.2. The zero-order chi connectivity index (χ0) is 13.4. The van der Waals surface area contributed by atoms with Crippen LogP contribution in [0.3, 0.4) is 0 Å². The van der Waals surface area contributed by atoms with Crippen LogP contribution in [0.5, 0.6) is 0 Å². The van der Waals surface area contributed by atoms with Crippen LogP contribution >= 0.6 is 0 Å². The maximum absolute atomic E-state index is 5.54. The van der Waals surface area contributed by atoms with E-state index in [9.17, 15) is 0 Å². The van der Waals surface area contributed by atoms with Crippen LogP contribution in [0.15, 0.2) is 12.4 Å². The van der Waals surface area contributed by atoms with Crippen LogP contribution in [0.25, 0.3) is 0 Å². The summed E-state index contributed by atoms with van der Waals surface area (Å²) in [6.45, 7) is 13.1. The quantitative estimate of drug-likeness (QED) is 0.686. The molecule has 18 heavy (non-hydrogen) atoms. The molecule has 1 rings (SSSR count). The predicted molar refractivity (Wildman–Crippen MR) is 74.4 cm³/mol. The summed E-state index contributed by atoms with van der Waals surface area (Å²) in [5.41, 5.74) is 1.24. The van der Waals surface area contributed by atoms with E-state index in [0.717, 1.165) is 32.8 Å². The first-order valence-corrected chi connectivity index (χ1v) is 6.87. The lowest BCUT2D eigenvalue weighted by Gasteiger charge is -2.06. The molecule has 0 aliphatic carbocycles. The van der Waals surface area contributed by atoms with E-state index >= 15 is 0 Å². The van der Waals surface area contributed by atoms with Crippen molar-refractivity contribution in [1.82, 2.24) is 15.1 Å². The highest BCUT2D eigenvalue weighted by Crippen LogP contribution is 1.99. The number of hydrogen-bond donors (Lipinski definition) is 1. The zero-order valence-electron chi connectivity index (χ0n) is 12.1. The van der Waals surface area contributed by atoms with Crippen LogP contribution in [0.2, 0.25) is 0 Å². The van der Waals surface area contributed by atoms with E-state index in [1.165, 1.54) is 5.56 Å². The van der Waals surface area contributed by atoms with Crippen molar-refractivity contribution in [2.45, 2.75) is 40.8 Å². The second-order valence-corrected chi connectivity index (χ2v) is 5.61. The van der Waals surface area contributed by atoms with Crippen LogP contribution in [0.1, 0.15) is 33.3 Å². The third-order valence-electron chi connectivity index (χ3n) is 2.48. The monoisotopic (exact) mass is 253 g/mol. The lowest BCUT2D eigenvalue weighted by Crippen LogP contribution is -2.18. The Morgan fingerprint density at radius 2 is 2.06 bits per heavy atom. The number of nitrogens with zero attached hydrogens (tertiary/aromatic N) is 2. The first-order valence-electron chi connectivity index (χ1n) is 6.87. The van der Waals surface area contributed by atoms with Gasteiger partial charge in [-0.25, -0.2) is 0 Å². The van der Waals surface area contributed by atoms with Gasteiger partial charge in [-0.1, -0.05) is 27.7 Å². The van der Waals surface area contributed by atoms with Crippen molar-refractivity contribution in [2.75, 3.05) is 19.8 Å². The summed E-state index contributed by atoms with van der Waals surface area (Å²) in [6.07, 6.45) is 4.02. The fourth-order valence-corrected chi connectivity index (χ4v) is 1.60.